The van der Waals surface area contributed by atoms with E-state index in [9.17, 15) is 9.00 Å². The Bertz CT molecular complexity index is 445. The molecule has 0 saturated heterocycles. The van der Waals surface area contributed by atoms with Crippen molar-refractivity contribution in [1.29, 1.82) is 0 Å². The van der Waals surface area contributed by atoms with E-state index in [1.807, 2.05) is 0 Å². The molecule has 0 amide bonds. The summed E-state index contributed by atoms with van der Waals surface area (Å²) in [5.41, 5.74) is 0.181. The van der Waals surface area contributed by atoms with E-state index in [2.05, 4.69) is 0 Å². The predicted molar refractivity (Wildman–Crippen MR) is 78.2 cm³/mol. The molecule has 0 bridgehead atoms. The molecule has 0 heterocycles. The number of aromatic carboxylic acids is 1. The Kier molecular flexibility index (Phi) is 8.84. The maximum Gasteiger partial charge on any atom is 0.335 e. The molecule has 0 aliphatic heterocycles. The van der Waals surface area contributed by atoms with Crippen molar-refractivity contribution >= 4 is 16.8 Å². The minimum absolute atomic E-state index is 0.181. The van der Waals surface area contributed by atoms with Crippen LogP contribution in [-0.2, 0) is 25.0 Å². The highest BCUT2D eigenvalue weighted by atomic mass is 32.2. The monoisotopic (exact) mass is 316 g/mol. The van der Waals surface area contributed by atoms with Crippen LogP contribution in [0.5, 0.6) is 0 Å². The highest BCUT2D eigenvalue weighted by molar-refractivity contribution is 7.85. The summed E-state index contributed by atoms with van der Waals surface area (Å²) in [5, 5.41) is 8.78. The third kappa shape index (κ3) is 7.33. The molecule has 1 unspecified atom stereocenters. The zero-order chi connectivity index (χ0) is 15.5. The largest absolute Gasteiger partial charge is 0.478 e. The van der Waals surface area contributed by atoms with Gasteiger partial charge in [0, 0.05) is 12.0 Å². The van der Waals surface area contributed by atoms with Crippen molar-refractivity contribution < 1.29 is 28.3 Å². The van der Waals surface area contributed by atoms with Crippen molar-refractivity contribution in [3.8, 4) is 0 Å². The van der Waals surface area contributed by atoms with Crippen LogP contribution in [0.3, 0.4) is 0 Å². The van der Waals surface area contributed by atoms with Gasteiger partial charge in [-0.1, -0.05) is 0 Å². The molecule has 118 valence electrons. The number of benzene rings is 1. The highest BCUT2D eigenvalue weighted by Gasteiger charge is 2.06. The quantitative estimate of drug-likeness (QED) is 0.617. The minimum atomic E-state index is -1.19. The Labute approximate surface area is 126 Å². The van der Waals surface area contributed by atoms with Crippen molar-refractivity contribution in [1.82, 2.24) is 0 Å². The first-order valence-electron chi connectivity index (χ1n) is 6.51. The molecule has 21 heavy (non-hydrogen) atoms. The third-order valence-electron chi connectivity index (χ3n) is 2.58. The molecule has 1 aromatic rings. The van der Waals surface area contributed by atoms with Crippen LogP contribution in [0.2, 0.25) is 0 Å². The van der Waals surface area contributed by atoms with Crippen LogP contribution in [0, 0.1) is 0 Å². The summed E-state index contributed by atoms with van der Waals surface area (Å²) in [6.45, 7) is 2.36. The first-order chi connectivity index (χ1) is 10.1. The van der Waals surface area contributed by atoms with Gasteiger partial charge < -0.3 is 19.3 Å². The molecule has 1 aromatic carbocycles. The number of rotatable bonds is 11. The zero-order valence-corrected chi connectivity index (χ0v) is 12.8. The number of methoxy groups -OCH3 is 1. The van der Waals surface area contributed by atoms with Gasteiger partial charge in [-0.25, -0.2) is 4.79 Å². The molecule has 0 aromatic heterocycles. The number of carboxylic acids is 1. The van der Waals surface area contributed by atoms with E-state index in [1.165, 1.54) is 12.1 Å². The van der Waals surface area contributed by atoms with Crippen LogP contribution in [-0.4, -0.2) is 61.2 Å². The maximum atomic E-state index is 11.9. The fourth-order valence-corrected chi connectivity index (χ4v) is 2.41. The lowest BCUT2D eigenvalue weighted by molar-refractivity contribution is 0.0285. The average Bonchev–Trinajstić information content (AvgIpc) is 2.49. The van der Waals surface area contributed by atoms with Crippen LogP contribution < -0.4 is 0 Å². The minimum Gasteiger partial charge on any atom is -0.478 e. The Morgan fingerprint density at radius 2 is 1.62 bits per heavy atom. The summed E-state index contributed by atoms with van der Waals surface area (Å²) in [7, 11) is 0.415. The van der Waals surface area contributed by atoms with Gasteiger partial charge in [-0.3, -0.25) is 4.21 Å². The fraction of sp³-hybridized carbons (Fsp3) is 0.500. The molecule has 0 radical (unpaired) electrons. The molecule has 0 aliphatic carbocycles. The van der Waals surface area contributed by atoms with E-state index in [0.717, 1.165) is 0 Å². The summed E-state index contributed by atoms with van der Waals surface area (Å²) >= 11 is 0. The van der Waals surface area contributed by atoms with Crippen LogP contribution in [0.25, 0.3) is 0 Å². The molecule has 0 fully saturated rings. The van der Waals surface area contributed by atoms with Crippen molar-refractivity contribution in [2.24, 2.45) is 0 Å². The van der Waals surface area contributed by atoms with Gasteiger partial charge in [0.1, 0.15) is 0 Å². The van der Waals surface area contributed by atoms with Gasteiger partial charge in [-0.15, -0.1) is 0 Å². The Balaban J connectivity index is 2.17. The van der Waals surface area contributed by atoms with Crippen LogP contribution >= 0.6 is 0 Å². The highest BCUT2D eigenvalue weighted by Crippen LogP contribution is 2.09. The molecule has 1 N–H and O–H groups in total. The Hall–Kier alpha value is -1.28. The molecular formula is C14H20O6S. The van der Waals surface area contributed by atoms with E-state index in [1.54, 1.807) is 19.2 Å². The molecule has 7 heteroatoms. The summed E-state index contributed by atoms with van der Waals surface area (Å²) < 4.78 is 27.3. The molecule has 1 rings (SSSR count). The van der Waals surface area contributed by atoms with Gasteiger partial charge in [-0.2, -0.15) is 0 Å². The lowest BCUT2D eigenvalue weighted by Crippen LogP contribution is -2.12. The number of ether oxygens (including phenoxy) is 3. The molecule has 6 nitrogen and oxygen atoms in total. The molecule has 0 aliphatic rings. The first kappa shape index (κ1) is 17.8. The molecule has 1 atom stereocenters. The first-order valence-corrected chi connectivity index (χ1v) is 7.83. The number of carbonyl (C=O) groups is 1. The summed E-state index contributed by atoms with van der Waals surface area (Å²) in [4.78, 5) is 11.3. The normalized spacial score (nSPS) is 12.2. The average molecular weight is 316 g/mol. The summed E-state index contributed by atoms with van der Waals surface area (Å²) in [6, 6.07) is 6.01. The van der Waals surface area contributed by atoms with Crippen molar-refractivity contribution in [2.45, 2.75) is 4.90 Å². The van der Waals surface area contributed by atoms with Gasteiger partial charge in [-0.05, 0) is 24.3 Å². The SMILES string of the molecule is COCCOCCOCCS(=O)c1ccc(C(=O)O)cc1. The molecular weight excluding hydrogens is 296 g/mol. The fourth-order valence-electron chi connectivity index (χ4n) is 1.47. The van der Waals surface area contributed by atoms with Crippen LogP contribution in [0.4, 0.5) is 0 Å². The van der Waals surface area contributed by atoms with E-state index in [0.29, 0.717) is 43.7 Å². The van der Waals surface area contributed by atoms with Gasteiger partial charge in [0.15, 0.2) is 0 Å². The van der Waals surface area contributed by atoms with Gasteiger partial charge in [0.2, 0.25) is 0 Å². The summed E-state index contributed by atoms with van der Waals surface area (Å²) in [6.07, 6.45) is 0. The van der Waals surface area contributed by atoms with Gasteiger partial charge in [0.05, 0.1) is 55.2 Å². The third-order valence-corrected chi connectivity index (χ3v) is 3.92. The lowest BCUT2D eigenvalue weighted by Gasteiger charge is -2.06. The van der Waals surface area contributed by atoms with E-state index < -0.39 is 16.8 Å². The van der Waals surface area contributed by atoms with Gasteiger partial charge in [0.25, 0.3) is 0 Å². The second kappa shape index (κ2) is 10.4. The van der Waals surface area contributed by atoms with E-state index >= 15 is 0 Å². The van der Waals surface area contributed by atoms with Crippen LogP contribution in [0.15, 0.2) is 29.2 Å². The topological polar surface area (TPSA) is 82.1 Å². The van der Waals surface area contributed by atoms with Crippen molar-refractivity contribution in [2.75, 3.05) is 45.9 Å². The second-order valence-corrected chi connectivity index (χ2v) is 5.67. The predicted octanol–water partition coefficient (Wildman–Crippen LogP) is 1.17. The zero-order valence-electron chi connectivity index (χ0n) is 11.9. The van der Waals surface area contributed by atoms with Crippen molar-refractivity contribution in [3.63, 3.8) is 0 Å². The smallest absolute Gasteiger partial charge is 0.335 e. The standard InChI is InChI=1S/C14H20O6S/c1-18-6-7-19-8-9-20-10-11-21(17)13-4-2-12(3-5-13)14(15)16/h2-5H,6-11H2,1H3,(H,15,16). The number of hydrogen-bond donors (Lipinski definition) is 1. The lowest BCUT2D eigenvalue weighted by atomic mass is 10.2. The van der Waals surface area contributed by atoms with E-state index in [4.69, 9.17) is 19.3 Å². The molecule has 0 spiro atoms. The summed E-state index contributed by atoms with van der Waals surface area (Å²) in [5.74, 6) is -0.631. The Morgan fingerprint density at radius 3 is 2.19 bits per heavy atom. The van der Waals surface area contributed by atoms with Crippen molar-refractivity contribution in [3.05, 3.63) is 29.8 Å². The van der Waals surface area contributed by atoms with E-state index in [-0.39, 0.29) is 5.56 Å². The number of hydrogen-bond acceptors (Lipinski definition) is 5. The van der Waals surface area contributed by atoms with Gasteiger partial charge >= 0.3 is 5.97 Å². The Morgan fingerprint density at radius 1 is 1.05 bits per heavy atom. The second-order valence-electron chi connectivity index (χ2n) is 4.10. The molecule has 0 saturated carbocycles. The van der Waals surface area contributed by atoms with Crippen LogP contribution in [0.1, 0.15) is 10.4 Å². The number of carboxylic acid groups (broad SMARTS) is 1. The maximum absolute atomic E-state index is 11.9.